The van der Waals surface area contributed by atoms with Crippen molar-refractivity contribution in [1.29, 1.82) is 0 Å². The summed E-state index contributed by atoms with van der Waals surface area (Å²) in [6.07, 6.45) is 0. The highest BCUT2D eigenvalue weighted by Gasteiger charge is 2.38. The maximum Gasteiger partial charge on any atom is 0.236 e. The molecular weight excluding hydrogens is 240 g/mol. The zero-order valence-electron chi connectivity index (χ0n) is 9.55. The van der Waals surface area contributed by atoms with E-state index in [1.165, 1.54) is 5.56 Å². The number of rotatable bonds is 4. The van der Waals surface area contributed by atoms with Crippen LogP contribution < -0.4 is 5.32 Å². The average Bonchev–Trinajstić information content (AvgIpc) is 2.87. The lowest BCUT2D eigenvalue weighted by atomic mass is 10.3. The van der Waals surface area contributed by atoms with Gasteiger partial charge in [-0.3, -0.25) is 4.79 Å². The van der Waals surface area contributed by atoms with E-state index in [-0.39, 0.29) is 16.5 Å². The van der Waals surface area contributed by atoms with E-state index in [1.807, 2.05) is 18.9 Å². The molecule has 1 aliphatic rings. The molecule has 1 saturated heterocycles. The molecule has 0 aromatic carbocycles. The van der Waals surface area contributed by atoms with Gasteiger partial charge in [0.25, 0.3) is 0 Å². The van der Waals surface area contributed by atoms with Gasteiger partial charge in [0.2, 0.25) is 5.91 Å². The van der Waals surface area contributed by atoms with Crippen LogP contribution in [0.3, 0.4) is 0 Å². The lowest BCUT2D eigenvalue weighted by Crippen LogP contribution is -2.81. The monoisotopic (exact) mass is 257 g/mol. The van der Waals surface area contributed by atoms with Gasteiger partial charge in [0.1, 0.15) is 5.37 Å². The summed E-state index contributed by atoms with van der Waals surface area (Å²) in [5.41, 5.74) is 1.27. The van der Waals surface area contributed by atoms with Gasteiger partial charge in [-0.1, -0.05) is 0 Å². The molecule has 1 aromatic rings. The molecule has 3 nitrogen and oxygen atoms in total. The third-order valence-corrected chi connectivity index (χ3v) is 4.83. The quantitative estimate of drug-likeness (QED) is 0.870. The fraction of sp³-hybridized carbons (Fsp3) is 0.545. The van der Waals surface area contributed by atoms with E-state index in [9.17, 15) is 4.79 Å². The van der Waals surface area contributed by atoms with E-state index in [1.54, 1.807) is 23.1 Å². The normalized spacial score (nSPS) is 25.4. The van der Waals surface area contributed by atoms with Gasteiger partial charge >= 0.3 is 0 Å². The molecule has 88 valence electrons. The number of hydrogen-bond donors (Lipinski definition) is 1. The molecule has 16 heavy (non-hydrogen) atoms. The summed E-state index contributed by atoms with van der Waals surface area (Å²) in [4.78, 5) is 14.0. The molecule has 2 atom stereocenters. The van der Waals surface area contributed by atoms with Crippen molar-refractivity contribution in [2.45, 2.75) is 17.5 Å². The second kappa shape index (κ2) is 5.21. The van der Waals surface area contributed by atoms with Crippen LogP contribution in [0.25, 0.3) is 0 Å². The first-order valence-electron chi connectivity index (χ1n) is 5.50. The first kappa shape index (κ1) is 12.0. The number of thioether (sulfide) groups is 1. The highest BCUT2D eigenvalue weighted by atomic mass is 32.2. The minimum absolute atomic E-state index is 0.0988. The molecule has 2 N–H and O–H groups in total. The van der Waals surface area contributed by atoms with Crippen LogP contribution in [-0.4, -0.2) is 36.2 Å². The SMILES string of the molecule is C[NH2+]CCN1C(=O)[C@H](C)S[C@@H]1c1ccsc1. The van der Waals surface area contributed by atoms with Crippen molar-refractivity contribution < 1.29 is 10.1 Å². The minimum atomic E-state index is 0.0988. The Bertz CT molecular complexity index is 353. The third kappa shape index (κ3) is 2.26. The van der Waals surface area contributed by atoms with E-state index in [4.69, 9.17) is 0 Å². The fourth-order valence-electron chi connectivity index (χ4n) is 1.84. The molecule has 0 spiro atoms. The fourth-order valence-corrected chi connectivity index (χ4v) is 3.91. The predicted molar refractivity (Wildman–Crippen MR) is 68.5 cm³/mol. The zero-order chi connectivity index (χ0) is 11.5. The Labute approximate surface area is 104 Å². The molecule has 1 amide bonds. The van der Waals surface area contributed by atoms with Crippen LogP contribution in [0.2, 0.25) is 0 Å². The van der Waals surface area contributed by atoms with Crippen LogP contribution in [0.1, 0.15) is 17.9 Å². The van der Waals surface area contributed by atoms with E-state index >= 15 is 0 Å². The van der Waals surface area contributed by atoms with Crippen molar-refractivity contribution in [2.75, 3.05) is 20.1 Å². The van der Waals surface area contributed by atoms with Gasteiger partial charge in [0, 0.05) is 0 Å². The molecular formula is C11H17N2OS2+. The van der Waals surface area contributed by atoms with Crippen molar-refractivity contribution in [1.82, 2.24) is 4.90 Å². The third-order valence-electron chi connectivity index (χ3n) is 2.73. The number of thiophene rings is 1. The van der Waals surface area contributed by atoms with Crippen molar-refractivity contribution in [3.8, 4) is 0 Å². The van der Waals surface area contributed by atoms with Crippen molar-refractivity contribution in [3.63, 3.8) is 0 Å². The number of nitrogens with two attached hydrogens (primary N) is 1. The Morgan fingerprint density at radius 2 is 2.38 bits per heavy atom. The van der Waals surface area contributed by atoms with Crippen molar-refractivity contribution in [2.24, 2.45) is 0 Å². The molecule has 0 radical (unpaired) electrons. The van der Waals surface area contributed by atoms with Crippen molar-refractivity contribution in [3.05, 3.63) is 22.4 Å². The summed E-state index contributed by atoms with van der Waals surface area (Å²) < 4.78 is 0. The second-order valence-electron chi connectivity index (χ2n) is 3.92. The summed E-state index contributed by atoms with van der Waals surface area (Å²) in [5, 5.41) is 6.67. The van der Waals surface area contributed by atoms with Gasteiger partial charge in [0.05, 0.1) is 25.4 Å². The Morgan fingerprint density at radius 3 is 3.00 bits per heavy atom. The molecule has 2 rings (SSSR count). The maximum atomic E-state index is 12.0. The molecule has 1 fully saturated rings. The second-order valence-corrected chi connectivity index (χ2v) is 6.12. The highest BCUT2D eigenvalue weighted by molar-refractivity contribution is 8.01. The van der Waals surface area contributed by atoms with Crippen LogP contribution >= 0.6 is 23.1 Å². The topological polar surface area (TPSA) is 36.9 Å². The highest BCUT2D eigenvalue weighted by Crippen LogP contribution is 2.42. The van der Waals surface area contributed by atoms with Crippen molar-refractivity contribution >= 4 is 29.0 Å². The standard InChI is InChI=1S/C11H16N2OS2/c1-8-10(14)13(5-4-12-2)11(16-8)9-3-6-15-7-9/h3,6-8,11-12H,4-5H2,1-2H3/p+1/t8-,11+/m0/s1. The number of carbonyl (C=O) groups excluding carboxylic acids is 1. The van der Waals surface area contributed by atoms with Crippen LogP contribution in [0.4, 0.5) is 0 Å². The molecule has 0 bridgehead atoms. The minimum Gasteiger partial charge on any atom is -0.347 e. The molecule has 5 heteroatoms. The molecule has 1 aliphatic heterocycles. The first-order valence-corrected chi connectivity index (χ1v) is 7.38. The Kier molecular flexibility index (Phi) is 3.89. The Morgan fingerprint density at radius 1 is 1.56 bits per heavy atom. The van der Waals surface area contributed by atoms with Gasteiger partial charge < -0.3 is 10.2 Å². The number of likely N-dealkylation sites (N-methyl/N-ethyl adjacent to an activating group) is 1. The first-order chi connectivity index (χ1) is 7.74. The molecule has 0 saturated carbocycles. The smallest absolute Gasteiger partial charge is 0.236 e. The van der Waals surface area contributed by atoms with Gasteiger partial charge in [-0.15, -0.1) is 11.8 Å². The molecule has 2 heterocycles. The van der Waals surface area contributed by atoms with Crippen LogP contribution in [0.5, 0.6) is 0 Å². The Balaban J connectivity index is 2.13. The number of quaternary nitrogens is 1. The molecule has 0 unspecified atom stereocenters. The van der Waals surface area contributed by atoms with Gasteiger partial charge in [-0.2, -0.15) is 11.3 Å². The number of nitrogens with zero attached hydrogens (tertiary/aromatic N) is 1. The summed E-state index contributed by atoms with van der Waals surface area (Å²) in [7, 11) is 2.04. The van der Waals surface area contributed by atoms with Gasteiger partial charge in [-0.25, -0.2) is 0 Å². The predicted octanol–water partition coefficient (Wildman–Crippen LogP) is 0.904. The maximum absolute atomic E-state index is 12.0. The number of carbonyl (C=O) groups is 1. The van der Waals surface area contributed by atoms with Gasteiger partial charge in [-0.05, 0) is 29.3 Å². The van der Waals surface area contributed by atoms with Gasteiger partial charge in [0.15, 0.2) is 0 Å². The van der Waals surface area contributed by atoms with Crippen LogP contribution in [0.15, 0.2) is 16.8 Å². The summed E-state index contributed by atoms with van der Waals surface area (Å²) in [5.74, 6) is 0.281. The summed E-state index contributed by atoms with van der Waals surface area (Å²) in [6, 6.07) is 2.12. The van der Waals surface area contributed by atoms with Crippen LogP contribution in [-0.2, 0) is 4.79 Å². The molecule has 0 aliphatic carbocycles. The van der Waals surface area contributed by atoms with Crippen LogP contribution in [0, 0.1) is 0 Å². The van der Waals surface area contributed by atoms with E-state index in [0.717, 1.165) is 13.1 Å². The average molecular weight is 257 g/mol. The van der Waals surface area contributed by atoms with E-state index in [2.05, 4.69) is 22.1 Å². The Hall–Kier alpha value is -0.520. The zero-order valence-corrected chi connectivity index (χ0v) is 11.2. The molecule has 1 aromatic heterocycles. The summed E-state index contributed by atoms with van der Waals surface area (Å²) in [6.45, 7) is 3.81. The van der Waals surface area contributed by atoms with E-state index in [0.29, 0.717) is 0 Å². The number of amides is 1. The summed E-state index contributed by atoms with van der Waals surface area (Å²) >= 11 is 3.45. The lowest BCUT2D eigenvalue weighted by Gasteiger charge is -2.22. The lowest BCUT2D eigenvalue weighted by molar-refractivity contribution is -0.626. The number of hydrogen-bond acceptors (Lipinski definition) is 3. The largest absolute Gasteiger partial charge is 0.347 e. The van der Waals surface area contributed by atoms with E-state index < -0.39 is 0 Å².